The van der Waals surface area contributed by atoms with Crippen LogP contribution in [0.3, 0.4) is 0 Å². The van der Waals surface area contributed by atoms with Crippen molar-refractivity contribution in [1.29, 1.82) is 0 Å². The van der Waals surface area contributed by atoms with Crippen LogP contribution in [-0.4, -0.2) is 12.4 Å². The average Bonchev–Trinajstić information content (AvgIpc) is 2.25. The van der Waals surface area contributed by atoms with Gasteiger partial charge in [0.2, 0.25) is 0 Å². The van der Waals surface area contributed by atoms with Crippen molar-refractivity contribution in [2.24, 2.45) is 5.92 Å². The number of hydrogen-bond acceptors (Lipinski definition) is 1. The van der Waals surface area contributed by atoms with Gasteiger partial charge in [0.05, 0.1) is 4.47 Å². The minimum absolute atomic E-state index is 0.215. The van der Waals surface area contributed by atoms with Gasteiger partial charge in [0.15, 0.2) is 0 Å². The minimum Gasteiger partial charge on any atom is -0.312 e. The molecule has 1 aromatic rings. The summed E-state index contributed by atoms with van der Waals surface area (Å²) >= 11 is 8.90. The zero-order valence-corrected chi connectivity index (χ0v) is 11.6. The summed E-state index contributed by atoms with van der Waals surface area (Å²) in [5, 5.41) is 3.30. The first-order chi connectivity index (χ1) is 7.65. The van der Waals surface area contributed by atoms with Crippen LogP contribution in [0.1, 0.15) is 18.9 Å². The van der Waals surface area contributed by atoms with Gasteiger partial charge in [0.1, 0.15) is 5.82 Å². The molecule has 0 bridgehead atoms. The van der Waals surface area contributed by atoms with Crippen LogP contribution in [0, 0.1) is 11.7 Å². The highest BCUT2D eigenvalue weighted by Crippen LogP contribution is 2.20. The summed E-state index contributed by atoms with van der Waals surface area (Å²) in [4.78, 5) is 0. The maximum atomic E-state index is 13.2. The first kappa shape index (κ1) is 13.9. The van der Waals surface area contributed by atoms with Gasteiger partial charge in [-0.15, -0.1) is 11.6 Å². The van der Waals surface area contributed by atoms with Crippen LogP contribution in [0.15, 0.2) is 22.7 Å². The first-order valence-electron chi connectivity index (χ1n) is 5.34. The Bertz CT molecular complexity index is 333. The van der Waals surface area contributed by atoms with E-state index >= 15 is 0 Å². The van der Waals surface area contributed by atoms with E-state index < -0.39 is 0 Å². The standard InChI is InChI=1S/C12H16BrClFN/c1-9(5-6-14)7-16-8-10-3-2-4-11(15)12(10)13/h2-4,9,16H,5-8H2,1H3. The summed E-state index contributed by atoms with van der Waals surface area (Å²) in [6.07, 6.45) is 0.999. The van der Waals surface area contributed by atoms with Gasteiger partial charge >= 0.3 is 0 Å². The third-order valence-electron chi connectivity index (χ3n) is 2.44. The summed E-state index contributed by atoms with van der Waals surface area (Å²) < 4.78 is 13.7. The molecule has 1 unspecified atom stereocenters. The Morgan fingerprint density at radius 1 is 1.50 bits per heavy atom. The first-order valence-corrected chi connectivity index (χ1v) is 6.67. The van der Waals surface area contributed by atoms with Crippen molar-refractivity contribution in [3.05, 3.63) is 34.1 Å². The third-order valence-corrected chi connectivity index (χ3v) is 3.55. The second-order valence-corrected chi connectivity index (χ2v) is 5.10. The zero-order valence-electron chi connectivity index (χ0n) is 9.27. The van der Waals surface area contributed by atoms with Crippen LogP contribution in [0.25, 0.3) is 0 Å². The average molecular weight is 309 g/mol. The van der Waals surface area contributed by atoms with Gasteiger partial charge in [-0.2, -0.15) is 0 Å². The summed E-state index contributed by atoms with van der Waals surface area (Å²) in [5.74, 6) is 1.02. The second kappa shape index (κ2) is 7.25. The van der Waals surface area contributed by atoms with E-state index in [2.05, 4.69) is 28.2 Å². The van der Waals surface area contributed by atoms with E-state index in [1.807, 2.05) is 6.07 Å². The lowest BCUT2D eigenvalue weighted by atomic mass is 10.1. The molecule has 0 aliphatic carbocycles. The predicted octanol–water partition coefficient (Wildman–Crippen LogP) is 3.94. The molecular weight excluding hydrogens is 292 g/mol. The Balaban J connectivity index is 2.40. The van der Waals surface area contributed by atoms with Gasteiger partial charge < -0.3 is 5.32 Å². The number of benzene rings is 1. The maximum Gasteiger partial charge on any atom is 0.137 e. The molecule has 0 amide bonds. The van der Waals surface area contributed by atoms with Crippen molar-refractivity contribution < 1.29 is 4.39 Å². The van der Waals surface area contributed by atoms with Crippen LogP contribution in [0.2, 0.25) is 0 Å². The number of hydrogen-bond donors (Lipinski definition) is 1. The smallest absolute Gasteiger partial charge is 0.137 e. The Kier molecular flexibility index (Phi) is 6.32. The Morgan fingerprint density at radius 2 is 2.25 bits per heavy atom. The summed E-state index contributed by atoms with van der Waals surface area (Å²) in [7, 11) is 0. The number of alkyl halides is 1. The maximum absolute atomic E-state index is 13.2. The monoisotopic (exact) mass is 307 g/mol. The Hall–Kier alpha value is -0.120. The Morgan fingerprint density at radius 3 is 2.94 bits per heavy atom. The minimum atomic E-state index is -0.215. The van der Waals surface area contributed by atoms with Crippen LogP contribution in [0.5, 0.6) is 0 Å². The predicted molar refractivity (Wildman–Crippen MR) is 70.3 cm³/mol. The van der Waals surface area contributed by atoms with E-state index in [9.17, 15) is 4.39 Å². The quantitative estimate of drug-likeness (QED) is 0.785. The van der Waals surface area contributed by atoms with E-state index in [0.717, 1.165) is 18.5 Å². The van der Waals surface area contributed by atoms with Gasteiger partial charge in [-0.1, -0.05) is 19.1 Å². The topological polar surface area (TPSA) is 12.0 Å². The lowest BCUT2D eigenvalue weighted by molar-refractivity contribution is 0.500. The summed E-state index contributed by atoms with van der Waals surface area (Å²) in [6.45, 7) is 3.72. The highest BCUT2D eigenvalue weighted by Gasteiger charge is 2.05. The molecule has 1 N–H and O–H groups in total. The lowest BCUT2D eigenvalue weighted by Crippen LogP contribution is -2.21. The summed E-state index contributed by atoms with van der Waals surface area (Å²) in [6, 6.07) is 5.08. The molecule has 0 saturated heterocycles. The van der Waals surface area contributed by atoms with E-state index in [1.165, 1.54) is 6.07 Å². The Labute approximate surface area is 110 Å². The molecule has 4 heteroatoms. The summed E-state index contributed by atoms with van der Waals surface area (Å²) in [5.41, 5.74) is 0.943. The van der Waals surface area contributed by atoms with Gasteiger partial charge in [0, 0.05) is 12.4 Å². The van der Waals surface area contributed by atoms with E-state index in [1.54, 1.807) is 6.07 Å². The molecule has 16 heavy (non-hydrogen) atoms. The second-order valence-electron chi connectivity index (χ2n) is 3.93. The van der Waals surface area contributed by atoms with Gasteiger partial charge in [0.25, 0.3) is 0 Å². The molecule has 0 radical (unpaired) electrons. The van der Waals surface area contributed by atoms with Crippen LogP contribution in [-0.2, 0) is 6.54 Å². The lowest BCUT2D eigenvalue weighted by Gasteiger charge is -2.11. The number of nitrogens with one attached hydrogen (secondary N) is 1. The molecule has 0 fully saturated rings. The highest BCUT2D eigenvalue weighted by atomic mass is 79.9. The number of halogens is 3. The molecule has 1 rings (SSSR count). The molecule has 1 atom stereocenters. The van der Waals surface area contributed by atoms with Crippen LogP contribution < -0.4 is 5.32 Å². The van der Waals surface area contributed by atoms with Crippen molar-refractivity contribution in [2.75, 3.05) is 12.4 Å². The molecule has 0 aromatic heterocycles. The van der Waals surface area contributed by atoms with E-state index in [-0.39, 0.29) is 5.82 Å². The van der Waals surface area contributed by atoms with Gasteiger partial charge in [-0.3, -0.25) is 0 Å². The third kappa shape index (κ3) is 4.40. The number of rotatable bonds is 6. The molecule has 0 spiro atoms. The van der Waals surface area contributed by atoms with Crippen LogP contribution in [0.4, 0.5) is 4.39 Å². The fraction of sp³-hybridized carbons (Fsp3) is 0.500. The molecule has 0 aliphatic heterocycles. The van der Waals surface area contributed by atoms with E-state index in [4.69, 9.17) is 11.6 Å². The van der Waals surface area contributed by atoms with E-state index in [0.29, 0.717) is 22.8 Å². The normalized spacial score (nSPS) is 12.8. The highest BCUT2D eigenvalue weighted by molar-refractivity contribution is 9.10. The van der Waals surface area contributed by atoms with Crippen molar-refractivity contribution in [1.82, 2.24) is 5.32 Å². The van der Waals surface area contributed by atoms with Gasteiger partial charge in [-0.05, 0) is 46.4 Å². The molecule has 1 nitrogen and oxygen atoms in total. The largest absolute Gasteiger partial charge is 0.312 e. The fourth-order valence-electron chi connectivity index (χ4n) is 1.43. The zero-order chi connectivity index (χ0) is 12.0. The van der Waals surface area contributed by atoms with Crippen molar-refractivity contribution in [3.63, 3.8) is 0 Å². The van der Waals surface area contributed by atoms with Crippen molar-refractivity contribution in [2.45, 2.75) is 19.9 Å². The molecule has 0 aliphatic rings. The van der Waals surface area contributed by atoms with Crippen molar-refractivity contribution >= 4 is 27.5 Å². The van der Waals surface area contributed by atoms with Gasteiger partial charge in [-0.25, -0.2) is 4.39 Å². The molecule has 0 saturated carbocycles. The fourth-order valence-corrected chi connectivity index (χ4v) is 2.20. The van der Waals surface area contributed by atoms with Crippen LogP contribution >= 0.6 is 27.5 Å². The molecule has 1 aromatic carbocycles. The van der Waals surface area contributed by atoms with Crippen molar-refractivity contribution in [3.8, 4) is 0 Å². The molecule has 90 valence electrons. The molecular formula is C12H16BrClFN. The molecule has 0 heterocycles. The SMILES string of the molecule is CC(CCCl)CNCc1cccc(F)c1Br.